The Kier molecular flexibility index (Phi) is 5.15. The van der Waals surface area contributed by atoms with Crippen molar-refractivity contribution in [2.24, 2.45) is 0 Å². The lowest BCUT2D eigenvalue weighted by molar-refractivity contribution is -0.402. The molecule has 1 amide bonds. The topological polar surface area (TPSA) is 97.4 Å². The predicted molar refractivity (Wildman–Crippen MR) is 60.4 cm³/mol. The Morgan fingerprint density at radius 1 is 1.53 bits per heavy atom. The van der Waals surface area contributed by atoms with Crippen LogP contribution in [0.5, 0.6) is 0 Å². The molecule has 0 aliphatic rings. The third kappa shape index (κ3) is 4.64. The van der Waals surface area contributed by atoms with E-state index in [9.17, 15) is 14.9 Å². The van der Waals surface area contributed by atoms with Crippen molar-refractivity contribution < 1.29 is 14.1 Å². The summed E-state index contributed by atoms with van der Waals surface area (Å²) in [5, 5.41) is 15.9. The molecule has 0 aliphatic heterocycles. The summed E-state index contributed by atoms with van der Waals surface area (Å²) < 4.78 is 4.91. The molecule has 0 bridgehead atoms. The minimum Gasteiger partial charge on any atom is -0.404 e. The van der Waals surface area contributed by atoms with Gasteiger partial charge in [-0.25, -0.2) is 0 Å². The fourth-order valence-corrected chi connectivity index (χ4v) is 1.19. The van der Waals surface area contributed by atoms with Gasteiger partial charge < -0.3 is 15.1 Å². The molecule has 0 aliphatic carbocycles. The number of nitrogens with one attached hydrogen (secondary N) is 2. The second-order valence-corrected chi connectivity index (χ2v) is 3.45. The molecule has 1 aromatic heterocycles. The quantitative estimate of drug-likeness (QED) is 0.543. The van der Waals surface area contributed by atoms with E-state index in [1.807, 2.05) is 6.92 Å². The molecule has 94 valence electrons. The molecule has 1 rings (SSSR count). The van der Waals surface area contributed by atoms with Crippen LogP contribution in [-0.4, -0.2) is 23.9 Å². The average Bonchev–Trinajstić information content (AvgIpc) is 2.75. The molecular formula is C10H15N3O4. The summed E-state index contributed by atoms with van der Waals surface area (Å²) >= 11 is 0. The van der Waals surface area contributed by atoms with Gasteiger partial charge >= 0.3 is 5.88 Å². The average molecular weight is 241 g/mol. The second kappa shape index (κ2) is 6.64. The maximum absolute atomic E-state index is 11.2. The summed E-state index contributed by atoms with van der Waals surface area (Å²) in [6, 6.07) is 2.79. The fraction of sp³-hybridized carbons (Fsp3) is 0.500. The van der Waals surface area contributed by atoms with Crippen molar-refractivity contribution >= 4 is 11.8 Å². The van der Waals surface area contributed by atoms with E-state index in [-0.39, 0.29) is 24.9 Å². The first-order valence-corrected chi connectivity index (χ1v) is 5.34. The van der Waals surface area contributed by atoms with Crippen molar-refractivity contribution in [2.45, 2.75) is 19.9 Å². The molecule has 7 heteroatoms. The SMILES string of the molecule is CCCNC(=O)CNCc1ccc([N+](=O)[O-])o1. The third-order valence-corrected chi connectivity index (χ3v) is 1.98. The maximum atomic E-state index is 11.2. The van der Waals surface area contributed by atoms with Gasteiger partial charge in [0.2, 0.25) is 5.91 Å². The molecule has 0 unspecified atom stereocenters. The minimum atomic E-state index is -0.600. The van der Waals surface area contributed by atoms with E-state index in [1.165, 1.54) is 12.1 Å². The zero-order chi connectivity index (χ0) is 12.7. The van der Waals surface area contributed by atoms with Crippen molar-refractivity contribution in [3.05, 3.63) is 28.0 Å². The lowest BCUT2D eigenvalue weighted by atomic mass is 10.4. The number of hydrogen-bond acceptors (Lipinski definition) is 5. The Balaban J connectivity index is 2.26. The number of nitrogens with zero attached hydrogens (tertiary/aromatic N) is 1. The van der Waals surface area contributed by atoms with Crippen LogP contribution in [0.25, 0.3) is 0 Å². The summed E-state index contributed by atoms with van der Waals surface area (Å²) in [4.78, 5) is 20.9. The Bertz CT molecular complexity index is 389. The highest BCUT2D eigenvalue weighted by atomic mass is 16.6. The van der Waals surface area contributed by atoms with Gasteiger partial charge in [-0.3, -0.25) is 14.9 Å². The highest BCUT2D eigenvalue weighted by Crippen LogP contribution is 2.14. The van der Waals surface area contributed by atoms with Crippen LogP contribution in [0.3, 0.4) is 0 Å². The Labute approximate surface area is 98.3 Å². The lowest BCUT2D eigenvalue weighted by Crippen LogP contribution is -2.33. The zero-order valence-corrected chi connectivity index (χ0v) is 9.56. The van der Waals surface area contributed by atoms with Gasteiger partial charge in [-0.05, 0) is 12.5 Å². The summed E-state index contributed by atoms with van der Waals surface area (Å²) in [6.45, 7) is 3.06. The third-order valence-electron chi connectivity index (χ3n) is 1.98. The van der Waals surface area contributed by atoms with Crippen molar-refractivity contribution in [1.82, 2.24) is 10.6 Å². The first-order chi connectivity index (χ1) is 8.13. The molecule has 0 saturated carbocycles. The van der Waals surface area contributed by atoms with Crippen LogP contribution in [0.2, 0.25) is 0 Å². The molecular weight excluding hydrogens is 226 g/mol. The largest absolute Gasteiger partial charge is 0.433 e. The number of furan rings is 1. The number of carbonyl (C=O) groups is 1. The monoisotopic (exact) mass is 241 g/mol. The van der Waals surface area contributed by atoms with Crippen molar-refractivity contribution in [3.63, 3.8) is 0 Å². The molecule has 17 heavy (non-hydrogen) atoms. The van der Waals surface area contributed by atoms with Crippen molar-refractivity contribution in [2.75, 3.05) is 13.1 Å². The lowest BCUT2D eigenvalue weighted by Gasteiger charge is -2.03. The molecule has 0 fully saturated rings. The molecule has 2 N–H and O–H groups in total. The summed E-state index contributed by atoms with van der Waals surface area (Å²) in [5.41, 5.74) is 0. The molecule has 0 radical (unpaired) electrons. The predicted octanol–water partition coefficient (Wildman–Crippen LogP) is 0.804. The maximum Gasteiger partial charge on any atom is 0.433 e. The normalized spacial score (nSPS) is 10.2. The van der Waals surface area contributed by atoms with Crippen molar-refractivity contribution in [3.8, 4) is 0 Å². The van der Waals surface area contributed by atoms with Crippen LogP contribution < -0.4 is 10.6 Å². The van der Waals surface area contributed by atoms with E-state index in [1.54, 1.807) is 0 Å². The van der Waals surface area contributed by atoms with E-state index >= 15 is 0 Å². The Morgan fingerprint density at radius 2 is 2.29 bits per heavy atom. The van der Waals surface area contributed by atoms with Crippen LogP contribution in [0.15, 0.2) is 16.5 Å². The Hall–Kier alpha value is -1.89. The smallest absolute Gasteiger partial charge is 0.404 e. The molecule has 0 aromatic carbocycles. The van der Waals surface area contributed by atoms with Crippen molar-refractivity contribution in [1.29, 1.82) is 0 Å². The number of amides is 1. The van der Waals surface area contributed by atoms with Gasteiger partial charge in [0, 0.05) is 6.54 Å². The molecule has 1 aromatic rings. The van der Waals surface area contributed by atoms with Gasteiger partial charge in [0.1, 0.15) is 10.7 Å². The second-order valence-electron chi connectivity index (χ2n) is 3.45. The highest BCUT2D eigenvalue weighted by molar-refractivity contribution is 5.77. The van der Waals surface area contributed by atoms with Gasteiger partial charge in [0.25, 0.3) is 0 Å². The summed E-state index contributed by atoms with van der Waals surface area (Å²) in [7, 11) is 0. The van der Waals surface area contributed by atoms with E-state index in [0.29, 0.717) is 12.3 Å². The van der Waals surface area contributed by atoms with Crippen LogP contribution in [-0.2, 0) is 11.3 Å². The molecule has 0 spiro atoms. The van der Waals surface area contributed by atoms with Gasteiger partial charge in [-0.1, -0.05) is 6.92 Å². The van der Waals surface area contributed by atoms with E-state index < -0.39 is 4.92 Å². The highest BCUT2D eigenvalue weighted by Gasteiger charge is 2.11. The first-order valence-electron chi connectivity index (χ1n) is 5.34. The van der Waals surface area contributed by atoms with Crippen LogP contribution in [0.1, 0.15) is 19.1 Å². The van der Waals surface area contributed by atoms with Gasteiger partial charge in [0.05, 0.1) is 19.2 Å². The zero-order valence-electron chi connectivity index (χ0n) is 9.56. The first kappa shape index (κ1) is 13.2. The van der Waals surface area contributed by atoms with Crippen LogP contribution >= 0.6 is 0 Å². The van der Waals surface area contributed by atoms with Gasteiger partial charge in [0.15, 0.2) is 0 Å². The van der Waals surface area contributed by atoms with Gasteiger partial charge in [-0.15, -0.1) is 0 Å². The van der Waals surface area contributed by atoms with Crippen LogP contribution in [0.4, 0.5) is 5.88 Å². The molecule has 0 atom stereocenters. The van der Waals surface area contributed by atoms with E-state index in [4.69, 9.17) is 4.42 Å². The number of carbonyl (C=O) groups excluding carboxylic acids is 1. The number of nitro groups is 1. The number of rotatable bonds is 7. The molecule has 0 saturated heterocycles. The van der Waals surface area contributed by atoms with Gasteiger partial charge in [-0.2, -0.15) is 0 Å². The van der Waals surface area contributed by atoms with E-state index in [2.05, 4.69) is 10.6 Å². The summed E-state index contributed by atoms with van der Waals surface area (Å²) in [6.07, 6.45) is 0.885. The molecule has 7 nitrogen and oxygen atoms in total. The fourth-order valence-electron chi connectivity index (χ4n) is 1.19. The van der Waals surface area contributed by atoms with E-state index in [0.717, 1.165) is 6.42 Å². The standard InChI is InChI=1S/C10H15N3O4/c1-2-5-12-9(14)7-11-6-8-3-4-10(17-8)13(15)16/h3-4,11H,2,5-7H2,1H3,(H,12,14). The molecule has 1 heterocycles. The summed E-state index contributed by atoms with van der Waals surface area (Å²) in [5.74, 6) is 0.0325. The minimum absolute atomic E-state index is 0.104. The van der Waals surface area contributed by atoms with Crippen LogP contribution in [0, 0.1) is 10.1 Å². The number of hydrogen-bond donors (Lipinski definition) is 2. The Morgan fingerprint density at radius 3 is 2.88 bits per heavy atom.